The maximum Gasteiger partial charge on any atom is 0.256 e. The molecule has 0 saturated heterocycles. The number of aromatic nitrogens is 4. The number of nitrogens with one attached hydrogen (secondary N) is 1. The standard InChI is InChI=1S/C22H21N5O3/c1-15-20(16(2)30-26-15)14-29-19-8-5-6-17(12-19)22(28)25-21-9-11-24-27(21)13-18-7-3-4-10-23-18/h3-12H,13-14H2,1-2H3,(H,25,28). The average Bonchev–Trinajstić information content (AvgIpc) is 3.33. The van der Waals surface area contributed by atoms with Crippen LogP contribution in [0.15, 0.2) is 65.4 Å². The van der Waals surface area contributed by atoms with Gasteiger partial charge in [0.05, 0.1) is 29.7 Å². The first-order valence-corrected chi connectivity index (χ1v) is 9.48. The van der Waals surface area contributed by atoms with Crippen molar-refractivity contribution in [2.45, 2.75) is 27.0 Å². The van der Waals surface area contributed by atoms with Crippen molar-refractivity contribution in [2.75, 3.05) is 5.32 Å². The molecule has 8 nitrogen and oxygen atoms in total. The quantitative estimate of drug-likeness (QED) is 0.505. The van der Waals surface area contributed by atoms with Crippen molar-refractivity contribution >= 4 is 11.7 Å². The van der Waals surface area contributed by atoms with Crippen LogP contribution in [-0.4, -0.2) is 25.8 Å². The summed E-state index contributed by atoms with van der Waals surface area (Å²) in [5.74, 6) is 1.65. The van der Waals surface area contributed by atoms with Gasteiger partial charge in [0.1, 0.15) is 23.9 Å². The lowest BCUT2D eigenvalue weighted by atomic mass is 10.2. The van der Waals surface area contributed by atoms with E-state index in [0.717, 1.165) is 22.7 Å². The largest absolute Gasteiger partial charge is 0.489 e. The molecule has 0 unspecified atom stereocenters. The van der Waals surface area contributed by atoms with E-state index in [1.807, 2.05) is 32.0 Å². The third-order valence-corrected chi connectivity index (χ3v) is 4.66. The van der Waals surface area contributed by atoms with Gasteiger partial charge in [-0.05, 0) is 44.2 Å². The third-order valence-electron chi connectivity index (χ3n) is 4.66. The molecule has 0 radical (unpaired) electrons. The summed E-state index contributed by atoms with van der Waals surface area (Å²) in [5.41, 5.74) is 3.04. The second-order valence-corrected chi connectivity index (χ2v) is 6.77. The van der Waals surface area contributed by atoms with Gasteiger partial charge in [-0.3, -0.25) is 9.78 Å². The summed E-state index contributed by atoms with van der Waals surface area (Å²) >= 11 is 0. The molecule has 30 heavy (non-hydrogen) atoms. The number of aryl methyl sites for hydroxylation is 2. The van der Waals surface area contributed by atoms with Crippen LogP contribution in [0.2, 0.25) is 0 Å². The molecule has 0 aliphatic rings. The molecule has 0 saturated carbocycles. The Hall–Kier alpha value is -3.94. The molecule has 152 valence electrons. The fourth-order valence-corrected chi connectivity index (χ4v) is 2.99. The first kappa shape index (κ1) is 19.4. The van der Waals surface area contributed by atoms with E-state index in [-0.39, 0.29) is 5.91 Å². The van der Waals surface area contributed by atoms with Gasteiger partial charge >= 0.3 is 0 Å². The molecule has 0 atom stereocenters. The molecule has 8 heteroatoms. The fourth-order valence-electron chi connectivity index (χ4n) is 2.99. The van der Waals surface area contributed by atoms with Crippen LogP contribution in [0.1, 0.15) is 33.1 Å². The second kappa shape index (κ2) is 8.60. The van der Waals surface area contributed by atoms with Crippen LogP contribution in [0.25, 0.3) is 0 Å². The number of rotatable bonds is 7. The normalized spacial score (nSPS) is 10.7. The van der Waals surface area contributed by atoms with E-state index in [9.17, 15) is 4.79 Å². The zero-order valence-electron chi connectivity index (χ0n) is 16.7. The first-order valence-electron chi connectivity index (χ1n) is 9.48. The van der Waals surface area contributed by atoms with Crippen LogP contribution in [0, 0.1) is 13.8 Å². The Morgan fingerprint density at radius 1 is 1.13 bits per heavy atom. The molecule has 3 heterocycles. The van der Waals surface area contributed by atoms with E-state index < -0.39 is 0 Å². The van der Waals surface area contributed by atoms with E-state index >= 15 is 0 Å². The van der Waals surface area contributed by atoms with E-state index in [1.165, 1.54) is 0 Å². The third kappa shape index (κ3) is 4.38. The summed E-state index contributed by atoms with van der Waals surface area (Å²) in [5, 5.41) is 11.1. The Kier molecular flexibility index (Phi) is 5.56. The lowest BCUT2D eigenvalue weighted by Crippen LogP contribution is -2.16. The number of benzene rings is 1. The summed E-state index contributed by atoms with van der Waals surface area (Å²) in [6.07, 6.45) is 3.37. The molecule has 0 aliphatic heterocycles. The van der Waals surface area contributed by atoms with Crippen LogP contribution in [-0.2, 0) is 13.2 Å². The number of anilines is 1. The van der Waals surface area contributed by atoms with Gasteiger partial charge in [-0.1, -0.05) is 17.3 Å². The topological polar surface area (TPSA) is 95.1 Å². The van der Waals surface area contributed by atoms with Gasteiger partial charge in [-0.25, -0.2) is 4.68 Å². The van der Waals surface area contributed by atoms with Gasteiger partial charge in [0.15, 0.2) is 0 Å². The number of nitrogens with zero attached hydrogens (tertiary/aromatic N) is 4. The molecule has 1 N–H and O–H groups in total. The van der Waals surface area contributed by atoms with Crippen LogP contribution in [0.5, 0.6) is 5.75 Å². The maximum atomic E-state index is 12.8. The highest BCUT2D eigenvalue weighted by Crippen LogP contribution is 2.19. The van der Waals surface area contributed by atoms with Crippen molar-refractivity contribution in [3.8, 4) is 5.75 Å². The molecule has 0 fully saturated rings. The molecule has 4 aromatic rings. The Balaban J connectivity index is 1.43. The minimum absolute atomic E-state index is 0.249. The van der Waals surface area contributed by atoms with E-state index in [4.69, 9.17) is 9.26 Å². The average molecular weight is 403 g/mol. The van der Waals surface area contributed by atoms with Crippen LogP contribution in [0.3, 0.4) is 0 Å². The Bertz CT molecular complexity index is 1130. The molecule has 0 aliphatic carbocycles. The van der Waals surface area contributed by atoms with Crippen LogP contribution >= 0.6 is 0 Å². The Labute approximate surface area is 173 Å². The van der Waals surface area contributed by atoms with E-state index in [0.29, 0.717) is 30.3 Å². The molecule has 1 amide bonds. The zero-order valence-corrected chi connectivity index (χ0v) is 16.7. The first-order chi connectivity index (χ1) is 14.6. The van der Waals surface area contributed by atoms with Crippen molar-refractivity contribution in [2.24, 2.45) is 0 Å². The molecule has 0 bridgehead atoms. The lowest BCUT2D eigenvalue weighted by molar-refractivity contribution is 0.102. The van der Waals surface area contributed by atoms with E-state index in [2.05, 4.69) is 20.6 Å². The highest BCUT2D eigenvalue weighted by atomic mass is 16.5. The number of carbonyl (C=O) groups is 1. The smallest absolute Gasteiger partial charge is 0.256 e. The minimum Gasteiger partial charge on any atom is -0.489 e. The molecule has 1 aromatic carbocycles. The molecule has 0 spiro atoms. The summed E-state index contributed by atoms with van der Waals surface area (Å²) in [7, 11) is 0. The number of hydrogen-bond donors (Lipinski definition) is 1. The lowest BCUT2D eigenvalue weighted by Gasteiger charge is -2.10. The number of ether oxygens (including phenoxy) is 1. The Morgan fingerprint density at radius 3 is 2.80 bits per heavy atom. The number of hydrogen-bond acceptors (Lipinski definition) is 6. The van der Waals surface area contributed by atoms with Gasteiger partial charge in [0.25, 0.3) is 5.91 Å². The van der Waals surface area contributed by atoms with Gasteiger partial charge in [0.2, 0.25) is 0 Å². The SMILES string of the molecule is Cc1noc(C)c1COc1cccc(C(=O)Nc2ccnn2Cc2ccccn2)c1. The maximum absolute atomic E-state index is 12.8. The number of amides is 1. The second-order valence-electron chi connectivity index (χ2n) is 6.77. The highest BCUT2D eigenvalue weighted by Gasteiger charge is 2.13. The molecular weight excluding hydrogens is 382 g/mol. The van der Waals surface area contributed by atoms with Crippen LogP contribution < -0.4 is 10.1 Å². The van der Waals surface area contributed by atoms with Gasteiger partial charge < -0.3 is 14.6 Å². The van der Waals surface area contributed by atoms with Crippen molar-refractivity contribution in [1.82, 2.24) is 19.9 Å². The van der Waals surface area contributed by atoms with E-state index in [1.54, 1.807) is 47.4 Å². The predicted octanol–water partition coefficient (Wildman–Crippen LogP) is 3.76. The van der Waals surface area contributed by atoms with Gasteiger partial charge in [-0.2, -0.15) is 5.10 Å². The minimum atomic E-state index is -0.249. The molecular formula is C22H21N5O3. The monoisotopic (exact) mass is 403 g/mol. The van der Waals surface area contributed by atoms with Crippen LogP contribution in [0.4, 0.5) is 5.82 Å². The summed E-state index contributed by atoms with van der Waals surface area (Å²) in [4.78, 5) is 17.1. The summed E-state index contributed by atoms with van der Waals surface area (Å²) in [6.45, 7) is 4.50. The fraction of sp³-hybridized carbons (Fsp3) is 0.182. The zero-order chi connectivity index (χ0) is 20.9. The summed E-state index contributed by atoms with van der Waals surface area (Å²) < 4.78 is 12.7. The van der Waals surface area contributed by atoms with Crippen molar-refractivity contribution < 1.29 is 14.1 Å². The highest BCUT2D eigenvalue weighted by molar-refractivity contribution is 6.04. The Morgan fingerprint density at radius 2 is 2.03 bits per heavy atom. The van der Waals surface area contributed by atoms with Gasteiger partial charge in [-0.15, -0.1) is 0 Å². The molecule has 3 aromatic heterocycles. The predicted molar refractivity (Wildman–Crippen MR) is 110 cm³/mol. The van der Waals surface area contributed by atoms with Crippen molar-refractivity contribution in [1.29, 1.82) is 0 Å². The van der Waals surface area contributed by atoms with Crippen molar-refractivity contribution in [3.63, 3.8) is 0 Å². The number of carbonyl (C=O) groups excluding carboxylic acids is 1. The summed E-state index contributed by atoms with van der Waals surface area (Å²) in [6, 6.07) is 14.5. The van der Waals surface area contributed by atoms with Crippen molar-refractivity contribution in [3.05, 3.63) is 89.2 Å². The molecule has 4 rings (SSSR count). The van der Waals surface area contributed by atoms with Gasteiger partial charge in [0, 0.05) is 17.8 Å². The number of pyridine rings is 1.